The van der Waals surface area contributed by atoms with Gasteiger partial charge in [0.2, 0.25) is 12.0 Å². The first kappa shape index (κ1) is 17.9. The summed E-state index contributed by atoms with van der Waals surface area (Å²) >= 11 is 0. The number of carbonyl (C=O) groups is 1. The van der Waals surface area contributed by atoms with Crippen molar-refractivity contribution in [2.24, 2.45) is 11.8 Å². The number of aliphatic hydroxyl groups is 1. The fourth-order valence-electron chi connectivity index (χ4n) is 4.16. The maximum absolute atomic E-state index is 12.9. The molecule has 0 aliphatic heterocycles. The predicted octanol–water partition coefficient (Wildman–Crippen LogP) is 1.09. The van der Waals surface area contributed by atoms with Crippen LogP contribution in [0.25, 0.3) is 5.82 Å². The largest absolute Gasteiger partial charge is 0.619 e. The van der Waals surface area contributed by atoms with Gasteiger partial charge in [0, 0.05) is 11.5 Å². The minimum Gasteiger partial charge on any atom is -0.619 e. The molecule has 4 rings (SSSR count). The molecule has 1 amide bonds. The van der Waals surface area contributed by atoms with E-state index in [2.05, 4.69) is 29.2 Å². The van der Waals surface area contributed by atoms with Crippen LogP contribution in [0.2, 0.25) is 0 Å². The fraction of sp³-hybridized carbons (Fsp3) is 0.579. The number of hydrogen-bond acceptors (Lipinski definition) is 5. The third-order valence-corrected chi connectivity index (χ3v) is 5.47. The highest BCUT2D eigenvalue weighted by Gasteiger charge is 2.47. The van der Waals surface area contributed by atoms with Crippen LogP contribution in [0.3, 0.4) is 0 Å². The van der Waals surface area contributed by atoms with Crippen LogP contribution in [0.1, 0.15) is 60.8 Å². The smallest absolute Gasteiger partial charge is 0.272 e. The van der Waals surface area contributed by atoms with E-state index in [0.717, 1.165) is 30.5 Å². The van der Waals surface area contributed by atoms with Crippen LogP contribution < -0.4 is 10.0 Å². The second-order valence-electron chi connectivity index (χ2n) is 8.02. The Labute approximate surface area is 157 Å². The molecule has 1 fully saturated rings. The van der Waals surface area contributed by atoms with Crippen molar-refractivity contribution in [3.05, 3.63) is 40.7 Å². The van der Waals surface area contributed by atoms with Crippen molar-refractivity contribution in [1.29, 1.82) is 0 Å². The van der Waals surface area contributed by atoms with Gasteiger partial charge in [-0.1, -0.05) is 13.8 Å². The first-order chi connectivity index (χ1) is 13.0. The van der Waals surface area contributed by atoms with Crippen molar-refractivity contribution in [3.63, 3.8) is 0 Å². The predicted molar refractivity (Wildman–Crippen MR) is 97.3 cm³/mol. The van der Waals surface area contributed by atoms with Gasteiger partial charge in [0.15, 0.2) is 11.9 Å². The van der Waals surface area contributed by atoms with E-state index in [0.29, 0.717) is 40.4 Å². The van der Waals surface area contributed by atoms with Gasteiger partial charge in [-0.15, -0.1) is 0 Å². The molecule has 0 aromatic carbocycles. The summed E-state index contributed by atoms with van der Waals surface area (Å²) < 4.78 is 2.35. The van der Waals surface area contributed by atoms with Gasteiger partial charge in [0.25, 0.3) is 5.91 Å². The van der Waals surface area contributed by atoms with E-state index >= 15 is 0 Å². The summed E-state index contributed by atoms with van der Waals surface area (Å²) in [5.41, 5.74) is 2.36. The molecule has 2 aromatic rings. The number of nitrogens with zero attached hydrogens (tertiary/aromatic N) is 4. The van der Waals surface area contributed by atoms with Crippen LogP contribution in [0, 0.1) is 17.0 Å². The molecule has 0 saturated heterocycles. The topological polar surface area (TPSA) is 107 Å². The molecule has 2 aromatic heterocycles. The van der Waals surface area contributed by atoms with Crippen molar-refractivity contribution in [3.8, 4) is 5.82 Å². The first-order valence-corrected chi connectivity index (χ1v) is 9.56. The minimum atomic E-state index is -0.297. The van der Waals surface area contributed by atoms with Crippen molar-refractivity contribution in [1.82, 2.24) is 20.1 Å². The van der Waals surface area contributed by atoms with Crippen LogP contribution in [0.4, 0.5) is 0 Å². The number of nitrogens with one attached hydrogen (secondary N) is 1. The molecular formula is C19H25N5O3. The van der Waals surface area contributed by atoms with Gasteiger partial charge in [-0.25, -0.2) is 9.67 Å². The normalized spacial score (nSPS) is 21.5. The third-order valence-electron chi connectivity index (χ3n) is 5.47. The Morgan fingerprint density at radius 1 is 1.52 bits per heavy atom. The van der Waals surface area contributed by atoms with E-state index in [9.17, 15) is 15.1 Å². The standard InChI is InChI=1S/C19H25N5O3/c1-11(2)7-13(10-25)21-19(26)17-14-4-3-12-8-15(12)18(14)24(22-17)16-9-23(27)6-5-20-16/h5-6,9,11-13,15,25H,3-4,7-8,10H2,1-2H3,(H,21,26)/t12-,13-,15+/m1/s1. The van der Waals surface area contributed by atoms with Gasteiger partial charge in [-0.05, 0) is 37.5 Å². The molecule has 3 atom stereocenters. The maximum Gasteiger partial charge on any atom is 0.272 e. The molecule has 0 radical (unpaired) electrons. The summed E-state index contributed by atoms with van der Waals surface area (Å²) in [4.78, 5) is 17.2. The van der Waals surface area contributed by atoms with Crippen molar-refractivity contribution < 1.29 is 14.6 Å². The summed E-state index contributed by atoms with van der Waals surface area (Å²) in [7, 11) is 0. The zero-order valence-corrected chi connectivity index (χ0v) is 15.6. The summed E-state index contributed by atoms with van der Waals surface area (Å²) in [5.74, 6) is 1.54. The van der Waals surface area contributed by atoms with E-state index in [4.69, 9.17) is 0 Å². The molecule has 0 spiro atoms. The number of aromatic nitrogens is 4. The average molecular weight is 371 g/mol. The van der Waals surface area contributed by atoms with Gasteiger partial charge < -0.3 is 15.6 Å². The summed E-state index contributed by atoms with van der Waals surface area (Å²) in [6.07, 6.45) is 7.79. The molecule has 8 heteroatoms. The van der Waals surface area contributed by atoms with Crippen LogP contribution in [-0.2, 0) is 6.42 Å². The zero-order chi connectivity index (χ0) is 19.1. The van der Waals surface area contributed by atoms with Gasteiger partial charge in [0.1, 0.15) is 0 Å². The molecular weight excluding hydrogens is 346 g/mol. The molecule has 2 heterocycles. The highest BCUT2D eigenvalue weighted by Crippen LogP contribution is 2.55. The third kappa shape index (κ3) is 3.41. The van der Waals surface area contributed by atoms with Gasteiger partial charge in [0.05, 0.1) is 24.5 Å². The lowest BCUT2D eigenvalue weighted by Crippen LogP contribution is -2.39. The van der Waals surface area contributed by atoms with Crippen molar-refractivity contribution in [2.75, 3.05) is 6.61 Å². The van der Waals surface area contributed by atoms with Crippen LogP contribution >= 0.6 is 0 Å². The second kappa shape index (κ2) is 6.92. The molecule has 0 unspecified atom stereocenters. The number of carbonyl (C=O) groups excluding carboxylic acids is 1. The lowest BCUT2D eigenvalue weighted by Gasteiger charge is -2.18. The Morgan fingerprint density at radius 3 is 3.04 bits per heavy atom. The maximum atomic E-state index is 12.9. The van der Waals surface area contributed by atoms with Gasteiger partial charge in [-0.3, -0.25) is 4.79 Å². The number of aliphatic hydroxyl groups excluding tert-OH is 1. The quantitative estimate of drug-likeness (QED) is 0.584. The van der Waals surface area contributed by atoms with Crippen LogP contribution in [0.5, 0.6) is 0 Å². The van der Waals surface area contributed by atoms with Crippen molar-refractivity contribution >= 4 is 5.91 Å². The Kier molecular flexibility index (Phi) is 4.59. The van der Waals surface area contributed by atoms with Crippen LogP contribution in [0.15, 0.2) is 18.6 Å². The average Bonchev–Trinajstić information content (AvgIpc) is 3.32. The fourth-order valence-corrected chi connectivity index (χ4v) is 4.16. The molecule has 2 aliphatic carbocycles. The SMILES string of the molecule is CC(C)C[C@H](CO)NC(=O)c1nn(-c2c[n+]([O-])ccn2)c2c1CC[C@@H]1C[C@H]21. The van der Waals surface area contributed by atoms with Crippen LogP contribution in [-0.4, -0.2) is 38.4 Å². The zero-order valence-electron chi connectivity index (χ0n) is 15.6. The Morgan fingerprint density at radius 2 is 2.33 bits per heavy atom. The molecule has 1 saturated carbocycles. The Bertz CT molecular complexity index is 863. The molecule has 2 aliphatic rings. The van der Waals surface area contributed by atoms with E-state index in [1.54, 1.807) is 4.68 Å². The summed E-state index contributed by atoms with van der Waals surface area (Å²) in [5, 5.41) is 28.7. The van der Waals surface area contributed by atoms with E-state index in [-0.39, 0.29) is 18.6 Å². The van der Waals surface area contributed by atoms with Crippen molar-refractivity contribution in [2.45, 2.75) is 51.5 Å². The Balaban J connectivity index is 1.69. The van der Waals surface area contributed by atoms with Gasteiger partial charge in [-0.2, -0.15) is 9.83 Å². The lowest BCUT2D eigenvalue weighted by atomic mass is 9.95. The second-order valence-corrected chi connectivity index (χ2v) is 8.02. The lowest BCUT2D eigenvalue weighted by molar-refractivity contribution is -0.605. The summed E-state index contributed by atoms with van der Waals surface area (Å²) in [6.45, 7) is 4.00. The Hall–Kier alpha value is -2.48. The number of amides is 1. The van der Waals surface area contributed by atoms with Gasteiger partial charge >= 0.3 is 0 Å². The molecule has 27 heavy (non-hydrogen) atoms. The molecule has 2 N–H and O–H groups in total. The van der Waals surface area contributed by atoms with E-state index in [1.807, 2.05) is 0 Å². The highest BCUT2D eigenvalue weighted by molar-refractivity contribution is 5.94. The highest BCUT2D eigenvalue weighted by atomic mass is 16.5. The summed E-state index contributed by atoms with van der Waals surface area (Å²) in [6, 6.07) is -0.297. The minimum absolute atomic E-state index is 0.103. The van der Waals surface area contributed by atoms with E-state index in [1.165, 1.54) is 18.6 Å². The molecule has 144 valence electrons. The number of hydrogen-bond donors (Lipinski definition) is 2. The van der Waals surface area contributed by atoms with E-state index < -0.39 is 0 Å². The number of fused-ring (bicyclic) bond motifs is 3. The number of rotatable bonds is 6. The molecule has 0 bridgehead atoms. The molecule has 8 nitrogen and oxygen atoms in total. The first-order valence-electron chi connectivity index (χ1n) is 9.56. The monoisotopic (exact) mass is 371 g/mol.